The lowest BCUT2D eigenvalue weighted by molar-refractivity contribution is 0.617. The monoisotopic (exact) mass is 189 g/mol. The Hall–Kier alpha value is -1.51. The van der Waals surface area contributed by atoms with Gasteiger partial charge in [0.2, 0.25) is 0 Å². The molecule has 74 valence electrons. The lowest BCUT2D eigenvalue weighted by Gasteiger charge is -2.34. The molecule has 0 radical (unpaired) electrons. The summed E-state index contributed by atoms with van der Waals surface area (Å²) >= 11 is 0. The van der Waals surface area contributed by atoms with Crippen LogP contribution in [0.2, 0.25) is 0 Å². The molecule has 1 fully saturated rings. The average Bonchev–Trinajstić information content (AvgIpc) is 2.04. The van der Waals surface area contributed by atoms with E-state index in [1.54, 1.807) is 0 Å². The molecule has 3 N–H and O–H groups in total. The van der Waals surface area contributed by atoms with Gasteiger partial charge in [-0.3, -0.25) is 5.41 Å². The van der Waals surface area contributed by atoms with Crippen molar-refractivity contribution in [1.29, 1.82) is 5.41 Å². The molecule has 0 saturated carbocycles. The Balaban J connectivity index is 2.41. The van der Waals surface area contributed by atoms with Gasteiger partial charge in [-0.15, -0.1) is 0 Å². The molecule has 0 unspecified atom stereocenters. The highest BCUT2D eigenvalue weighted by Gasteiger charge is 2.18. The molecular weight excluding hydrogens is 174 g/mol. The van der Waals surface area contributed by atoms with E-state index in [1.165, 1.54) is 6.42 Å². The summed E-state index contributed by atoms with van der Waals surface area (Å²) in [5.41, 5.74) is 8.68. The van der Waals surface area contributed by atoms with E-state index in [0.29, 0.717) is 0 Å². The molecule has 0 spiro atoms. The minimum absolute atomic E-state index is 0.163. The van der Waals surface area contributed by atoms with Crippen LogP contribution in [-0.2, 0) is 0 Å². The highest BCUT2D eigenvalue weighted by Crippen LogP contribution is 2.25. The SMILES string of the molecule is Cc1ccc(N2CCC2)c(C(=N)N)c1. The number of nitrogens with two attached hydrogens (primary N) is 1. The van der Waals surface area contributed by atoms with Crippen molar-refractivity contribution in [2.75, 3.05) is 18.0 Å². The second-order valence-corrected chi connectivity index (χ2v) is 3.77. The molecule has 3 nitrogen and oxygen atoms in total. The van der Waals surface area contributed by atoms with Crippen LogP contribution >= 0.6 is 0 Å². The summed E-state index contributed by atoms with van der Waals surface area (Å²) in [6, 6.07) is 6.11. The number of nitrogens with zero attached hydrogens (tertiary/aromatic N) is 1. The van der Waals surface area contributed by atoms with Gasteiger partial charge < -0.3 is 10.6 Å². The third-order valence-corrected chi connectivity index (χ3v) is 2.64. The van der Waals surface area contributed by atoms with Crippen molar-refractivity contribution in [3.63, 3.8) is 0 Å². The van der Waals surface area contributed by atoms with E-state index in [4.69, 9.17) is 11.1 Å². The van der Waals surface area contributed by atoms with Gasteiger partial charge in [0, 0.05) is 24.3 Å². The zero-order chi connectivity index (χ0) is 10.1. The Morgan fingerprint density at radius 1 is 1.43 bits per heavy atom. The maximum Gasteiger partial charge on any atom is 0.124 e. The molecule has 1 heterocycles. The standard InChI is InChI=1S/C11H15N3/c1-8-3-4-10(14-5-2-6-14)9(7-8)11(12)13/h3-4,7H,2,5-6H2,1H3,(H3,12,13). The number of amidine groups is 1. The van der Waals surface area contributed by atoms with Crippen molar-refractivity contribution in [2.24, 2.45) is 5.73 Å². The molecule has 1 saturated heterocycles. The van der Waals surface area contributed by atoms with Gasteiger partial charge >= 0.3 is 0 Å². The van der Waals surface area contributed by atoms with E-state index in [0.717, 1.165) is 29.9 Å². The third kappa shape index (κ3) is 1.45. The fourth-order valence-electron chi connectivity index (χ4n) is 1.70. The summed E-state index contributed by atoms with van der Waals surface area (Å²) < 4.78 is 0. The lowest BCUT2D eigenvalue weighted by Crippen LogP contribution is -2.38. The molecular formula is C11H15N3. The Morgan fingerprint density at radius 3 is 2.64 bits per heavy atom. The quantitative estimate of drug-likeness (QED) is 0.547. The molecule has 0 bridgehead atoms. The number of anilines is 1. The normalized spacial score (nSPS) is 15.1. The second-order valence-electron chi connectivity index (χ2n) is 3.77. The van der Waals surface area contributed by atoms with Crippen molar-refractivity contribution in [1.82, 2.24) is 0 Å². The Bertz CT molecular complexity index is 367. The maximum atomic E-state index is 7.52. The van der Waals surface area contributed by atoms with E-state index in [-0.39, 0.29) is 5.84 Å². The number of rotatable bonds is 2. The molecule has 1 aliphatic heterocycles. The van der Waals surface area contributed by atoms with Gasteiger partial charge in [-0.1, -0.05) is 11.6 Å². The molecule has 0 aliphatic carbocycles. The van der Waals surface area contributed by atoms with Crippen molar-refractivity contribution >= 4 is 11.5 Å². The first-order valence-corrected chi connectivity index (χ1v) is 4.88. The van der Waals surface area contributed by atoms with Crippen molar-refractivity contribution < 1.29 is 0 Å². The summed E-state index contributed by atoms with van der Waals surface area (Å²) in [6.45, 7) is 4.19. The van der Waals surface area contributed by atoms with E-state index >= 15 is 0 Å². The number of hydrogen-bond donors (Lipinski definition) is 2. The molecule has 1 aromatic rings. The molecule has 14 heavy (non-hydrogen) atoms. The largest absolute Gasteiger partial charge is 0.384 e. The molecule has 1 aromatic carbocycles. The zero-order valence-corrected chi connectivity index (χ0v) is 8.38. The first-order chi connectivity index (χ1) is 6.68. The summed E-state index contributed by atoms with van der Waals surface area (Å²) in [6.07, 6.45) is 1.24. The zero-order valence-electron chi connectivity index (χ0n) is 8.38. The first kappa shape index (κ1) is 9.06. The van der Waals surface area contributed by atoms with Gasteiger partial charge in [-0.05, 0) is 25.5 Å². The molecule has 0 aromatic heterocycles. The van der Waals surface area contributed by atoms with E-state index < -0.39 is 0 Å². The minimum Gasteiger partial charge on any atom is -0.384 e. The second kappa shape index (κ2) is 3.33. The lowest BCUT2D eigenvalue weighted by atomic mass is 10.0. The van der Waals surface area contributed by atoms with Crippen LogP contribution < -0.4 is 10.6 Å². The number of aryl methyl sites for hydroxylation is 1. The van der Waals surface area contributed by atoms with E-state index in [1.807, 2.05) is 13.0 Å². The molecule has 1 aliphatic rings. The fraction of sp³-hybridized carbons (Fsp3) is 0.364. The van der Waals surface area contributed by atoms with Gasteiger partial charge in [0.15, 0.2) is 0 Å². The van der Waals surface area contributed by atoms with Crippen LogP contribution in [0.3, 0.4) is 0 Å². The van der Waals surface area contributed by atoms with Crippen molar-refractivity contribution in [3.8, 4) is 0 Å². The van der Waals surface area contributed by atoms with Crippen LogP contribution in [0, 0.1) is 12.3 Å². The van der Waals surface area contributed by atoms with Crippen molar-refractivity contribution in [2.45, 2.75) is 13.3 Å². The summed E-state index contributed by atoms with van der Waals surface area (Å²) in [5, 5.41) is 7.52. The predicted molar refractivity (Wildman–Crippen MR) is 59.0 cm³/mol. The average molecular weight is 189 g/mol. The first-order valence-electron chi connectivity index (χ1n) is 4.88. The fourth-order valence-corrected chi connectivity index (χ4v) is 1.70. The molecule has 3 heteroatoms. The highest BCUT2D eigenvalue weighted by atomic mass is 15.2. The van der Waals surface area contributed by atoms with Crippen molar-refractivity contribution in [3.05, 3.63) is 29.3 Å². The third-order valence-electron chi connectivity index (χ3n) is 2.64. The van der Waals surface area contributed by atoms with Gasteiger partial charge in [-0.25, -0.2) is 0 Å². The number of nitrogens with one attached hydrogen (secondary N) is 1. The molecule has 0 amide bonds. The topological polar surface area (TPSA) is 53.1 Å². The Labute approximate surface area is 84.0 Å². The molecule has 0 atom stereocenters. The summed E-state index contributed by atoms with van der Waals surface area (Å²) in [7, 11) is 0. The smallest absolute Gasteiger partial charge is 0.124 e. The van der Waals surface area contributed by atoms with Crippen LogP contribution in [0.4, 0.5) is 5.69 Å². The van der Waals surface area contributed by atoms with Gasteiger partial charge in [-0.2, -0.15) is 0 Å². The maximum absolute atomic E-state index is 7.52. The van der Waals surface area contributed by atoms with Crippen LogP contribution in [-0.4, -0.2) is 18.9 Å². The van der Waals surface area contributed by atoms with Gasteiger partial charge in [0.25, 0.3) is 0 Å². The van der Waals surface area contributed by atoms with Crippen LogP contribution in [0.25, 0.3) is 0 Å². The molecule has 2 rings (SSSR count). The van der Waals surface area contributed by atoms with Gasteiger partial charge in [0.05, 0.1) is 0 Å². The number of benzene rings is 1. The number of hydrogen-bond acceptors (Lipinski definition) is 2. The minimum atomic E-state index is 0.163. The summed E-state index contributed by atoms with van der Waals surface area (Å²) in [5.74, 6) is 0.163. The van der Waals surface area contributed by atoms with Gasteiger partial charge in [0.1, 0.15) is 5.84 Å². The Kier molecular flexibility index (Phi) is 2.15. The van der Waals surface area contributed by atoms with E-state index in [9.17, 15) is 0 Å². The van der Waals surface area contributed by atoms with Crippen LogP contribution in [0.15, 0.2) is 18.2 Å². The number of nitrogen functional groups attached to an aromatic ring is 1. The predicted octanol–water partition coefficient (Wildman–Crippen LogP) is 1.49. The van der Waals surface area contributed by atoms with Crippen LogP contribution in [0.1, 0.15) is 17.5 Å². The summed E-state index contributed by atoms with van der Waals surface area (Å²) in [4.78, 5) is 2.26. The van der Waals surface area contributed by atoms with E-state index in [2.05, 4.69) is 17.0 Å². The van der Waals surface area contributed by atoms with Crippen LogP contribution in [0.5, 0.6) is 0 Å². The highest BCUT2D eigenvalue weighted by molar-refractivity contribution is 6.00. The Morgan fingerprint density at radius 2 is 2.14 bits per heavy atom.